The number of hydrogen-bond acceptors (Lipinski definition) is 5. The van der Waals surface area contributed by atoms with Crippen LogP contribution in [0.25, 0.3) is 0 Å². The third-order valence-electron chi connectivity index (χ3n) is 6.14. The van der Waals surface area contributed by atoms with E-state index < -0.39 is 29.5 Å². The Morgan fingerprint density at radius 1 is 1.00 bits per heavy atom. The van der Waals surface area contributed by atoms with Gasteiger partial charge >= 0.3 is 6.18 Å². The van der Waals surface area contributed by atoms with Crippen molar-refractivity contribution in [3.05, 3.63) is 94.5 Å². The summed E-state index contributed by atoms with van der Waals surface area (Å²) in [6, 6.07) is 17.8. The number of nitriles is 1. The Kier molecular flexibility index (Phi) is 5.60. The lowest BCUT2D eigenvalue weighted by Gasteiger charge is -2.32. The summed E-state index contributed by atoms with van der Waals surface area (Å²) in [5.74, 6) is -2.40. The first-order valence-electron chi connectivity index (χ1n) is 10.9. The van der Waals surface area contributed by atoms with Crippen LogP contribution in [0.2, 0.25) is 0 Å². The highest BCUT2D eigenvalue weighted by atomic mass is 19.4. The number of fused-ring (bicyclic) bond motifs is 2. The zero-order valence-corrected chi connectivity index (χ0v) is 18.2. The topological polar surface area (TPSA) is 82.8 Å². The molecule has 6 nitrogen and oxygen atoms in total. The average molecular weight is 480 g/mol. The number of anilines is 2. The number of nitrogens with zero attached hydrogens (tertiary/aromatic N) is 2. The Bertz CT molecular complexity index is 1340. The van der Waals surface area contributed by atoms with Gasteiger partial charge in [-0.25, -0.2) is 0 Å². The van der Waals surface area contributed by atoms with Gasteiger partial charge in [-0.05, 0) is 47.9 Å². The first-order chi connectivity index (χ1) is 16.8. The van der Waals surface area contributed by atoms with Crippen molar-refractivity contribution < 1.29 is 32.5 Å². The maximum atomic E-state index is 13.7. The van der Waals surface area contributed by atoms with E-state index in [1.165, 1.54) is 41.3 Å². The molecule has 1 spiro atoms. The van der Waals surface area contributed by atoms with Gasteiger partial charge in [0.25, 0.3) is 11.7 Å². The van der Waals surface area contributed by atoms with Crippen molar-refractivity contribution in [2.24, 2.45) is 0 Å². The fraction of sp³-hybridized carbons (Fsp3) is 0.231. The molecular weight excluding hydrogens is 461 g/mol. The van der Waals surface area contributed by atoms with Crippen molar-refractivity contribution in [1.29, 1.82) is 5.26 Å². The number of para-hydroxylation sites is 1. The summed E-state index contributed by atoms with van der Waals surface area (Å²) in [6.07, 6.45) is -5.71. The number of rotatable bonds is 3. The van der Waals surface area contributed by atoms with E-state index in [9.17, 15) is 28.3 Å². The summed E-state index contributed by atoms with van der Waals surface area (Å²) in [7, 11) is 0. The Morgan fingerprint density at radius 3 is 2.40 bits per heavy atom. The third-order valence-corrected chi connectivity index (χ3v) is 6.14. The Balaban J connectivity index is 1.66. The molecule has 2 aliphatic rings. The zero-order chi connectivity index (χ0) is 24.8. The number of ether oxygens (including phenoxy) is 2. The Hall–Kier alpha value is -3.71. The van der Waals surface area contributed by atoms with Crippen LogP contribution in [-0.4, -0.2) is 24.2 Å². The molecule has 1 amide bonds. The van der Waals surface area contributed by atoms with E-state index in [0.29, 0.717) is 17.8 Å². The Labute approximate surface area is 198 Å². The lowest BCUT2D eigenvalue weighted by molar-refractivity contribution is -0.256. The first-order valence-corrected chi connectivity index (χ1v) is 10.9. The van der Waals surface area contributed by atoms with E-state index in [4.69, 9.17) is 9.47 Å². The summed E-state index contributed by atoms with van der Waals surface area (Å²) < 4.78 is 52.4. The molecular formula is C26H19F3N2O4. The molecule has 0 unspecified atom stereocenters. The van der Waals surface area contributed by atoms with Gasteiger partial charge in [-0.1, -0.05) is 36.4 Å². The van der Waals surface area contributed by atoms with Gasteiger partial charge in [-0.2, -0.15) is 18.4 Å². The number of aliphatic hydroxyl groups excluding tert-OH is 1. The van der Waals surface area contributed by atoms with Gasteiger partial charge in [0.05, 0.1) is 35.7 Å². The summed E-state index contributed by atoms with van der Waals surface area (Å²) in [5.41, 5.74) is 0.0787. The Morgan fingerprint density at radius 2 is 1.69 bits per heavy atom. The van der Waals surface area contributed by atoms with Crippen molar-refractivity contribution in [3.63, 3.8) is 0 Å². The van der Waals surface area contributed by atoms with E-state index >= 15 is 0 Å². The van der Waals surface area contributed by atoms with Crippen molar-refractivity contribution in [1.82, 2.24) is 0 Å². The molecule has 0 aromatic heterocycles. The van der Waals surface area contributed by atoms with Gasteiger partial charge in [-0.15, -0.1) is 0 Å². The van der Waals surface area contributed by atoms with Crippen molar-refractivity contribution in [2.75, 3.05) is 18.1 Å². The monoisotopic (exact) mass is 480 g/mol. The number of alkyl halides is 3. The highest BCUT2D eigenvalue weighted by molar-refractivity contribution is 6.12. The molecule has 3 aromatic carbocycles. The largest absolute Gasteiger partial charge is 0.416 e. The molecule has 1 N–H and O–H groups in total. The molecule has 9 heteroatoms. The van der Waals surface area contributed by atoms with Crippen LogP contribution in [0, 0.1) is 11.3 Å². The van der Waals surface area contributed by atoms with Gasteiger partial charge in [0.15, 0.2) is 0 Å². The van der Waals surface area contributed by atoms with E-state index in [1.807, 2.05) is 0 Å². The van der Waals surface area contributed by atoms with Crippen LogP contribution in [0.1, 0.15) is 40.3 Å². The van der Waals surface area contributed by atoms with Crippen LogP contribution < -0.4 is 4.90 Å². The average Bonchev–Trinajstić information content (AvgIpc) is 3.10. The quantitative estimate of drug-likeness (QED) is 0.575. The molecule has 5 rings (SSSR count). The zero-order valence-electron chi connectivity index (χ0n) is 18.2. The SMILES string of the molecule is N#Cc1ccccc1N1C(=O)C2(OCCCO2)c2cc([C@H](O)c3ccccc3C(F)(F)F)ccc21. The van der Waals surface area contributed by atoms with Gasteiger partial charge in [-0.3, -0.25) is 9.69 Å². The van der Waals surface area contributed by atoms with E-state index in [0.717, 1.165) is 6.07 Å². The molecule has 2 aliphatic heterocycles. The third kappa shape index (κ3) is 3.67. The summed E-state index contributed by atoms with van der Waals surface area (Å²) in [6.45, 7) is 0.450. The smallest absolute Gasteiger partial charge is 0.384 e. The van der Waals surface area contributed by atoms with Crippen LogP contribution in [0.15, 0.2) is 66.7 Å². The minimum absolute atomic E-state index is 0.140. The van der Waals surface area contributed by atoms with Crippen molar-refractivity contribution in [2.45, 2.75) is 24.5 Å². The number of carbonyl (C=O) groups is 1. The van der Waals surface area contributed by atoms with E-state index in [2.05, 4.69) is 6.07 Å². The first kappa shape index (κ1) is 23.1. The maximum Gasteiger partial charge on any atom is 0.416 e. The van der Waals surface area contributed by atoms with E-state index in [1.54, 1.807) is 24.3 Å². The highest BCUT2D eigenvalue weighted by Gasteiger charge is 2.56. The molecule has 1 fully saturated rings. The summed E-state index contributed by atoms with van der Waals surface area (Å²) >= 11 is 0. The number of halogens is 3. The molecule has 3 aromatic rings. The standard InChI is InChI=1S/C26H19F3N2O4/c27-26(28,29)19-8-3-2-7-18(19)23(32)16-10-11-22-20(14-16)25(34-12-5-13-35-25)24(33)31(22)21-9-4-1-6-17(21)15-30/h1-4,6-11,14,23,32H,5,12-13H2/t23-/m0/s1. The number of hydrogen-bond donors (Lipinski definition) is 1. The van der Waals surface area contributed by atoms with Gasteiger partial charge in [0.2, 0.25) is 0 Å². The minimum Gasteiger partial charge on any atom is -0.384 e. The number of amides is 1. The lowest BCUT2D eigenvalue weighted by Crippen LogP contribution is -2.46. The van der Waals surface area contributed by atoms with Crippen LogP contribution >= 0.6 is 0 Å². The predicted molar refractivity (Wildman–Crippen MR) is 118 cm³/mol. The van der Waals surface area contributed by atoms with Gasteiger partial charge < -0.3 is 14.6 Å². The van der Waals surface area contributed by atoms with Gasteiger partial charge in [0.1, 0.15) is 12.2 Å². The maximum absolute atomic E-state index is 13.7. The van der Waals surface area contributed by atoms with Crippen LogP contribution in [0.5, 0.6) is 0 Å². The number of aliphatic hydroxyl groups is 1. The normalized spacial score (nSPS) is 17.8. The fourth-order valence-electron chi connectivity index (χ4n) is 4.54. The molecule has 0 saturated carbocycles. The summed E-state index contributed by atoms with van der Waals surface area (Å²) in [5, 5.41) is 20.5. The number of carbonyl (C=O) groups excluding carboxylic acids is 1. The summed E-state index contributed by atoms with van der Waals surface area (Å²) in [4.78, 5) is 15.0. The lowest BCUT2D eigenvalue weighted by atomic mass is 9.93. The molecule has 0 bridgehead atoms. The molecule has 178 valence electrons. The van der Waals surface area contributed by atoms with Gasteiger partial charge in [0, 0.05) is 5.56 Å². The molecule has 35 heavy (non-hydrogen) atoms. The molecule has 2 heterocycles. The highest BCUT2D eigenvalue weighted by Crippen LogP contribution is 2.50. The molecule has 1 atom stereocenters. The molecule has 0 aliphatic carbocycles. The minimum atomic E-state index is -4.65. The van der Waals surface area contributed by atoms with Crippen LogP contribution in [0.3, 0.4) is 0 Å². The fourth-order valence-corrected chi connectivity index (χ4v) is 4.54. The van der Waals surface area contributed by atoms with Crippen LogP contribution in [0.4, 0.5) is 24.5 Å². The predicted octanol–water partition coefficient (Wildman–Crippen LogP) is 4.93. The van der Waals surface area contributed by atoms with Crippen molar-refractivity contribution >= 4 is 17.3 Å². The van der Waals surface area contributed by atoms with Crippen LogP contribution in [-0.2, 0) is 26.2 Å². The van der Waals surface area contributed by atoms with Crippen molar-refractivity contribution in [3.8, 4) is 6.07 Å². The molecule has 0 radical (unpaired) electrons. The second-order valence-electron chi connectivity index (χ2n) is 8.20. The molecule has 1 saturated heterocycles. The van der Waals surface area contributed by atoms with E-state index in [-0.39, 0.29) is 35.5 Å². The second kappa shape index (κ2) is 8.50. The second-order valence-corrected chi connectivity index (χ2v) is 8.20. The number of benzene rings is 3.